The largest absolute Gasteiger partial charge is 0.486 e. The monoisotopic (exact) mass is 296 g/mol. The molecule has 0 aromatic heterocycles. The van der Waals surface area contributed by atoms with Crippen LogP contribution in [-0.4, -0.2) is 13.2 Å². The van der Waals surface area contributed by atoms with E-state index in [-0.39, 0.29) is 6.10 Å². The molecular formula is C17H16N2O3. The van der Waals surface area contributed by atoms with Gasteiger partial charge in [-0.1, -0.05) is 12.1 Å². The molecule has 0 unspecified atom stereocenters. The molecule has 22 heavy (non-hydrogen) atoms. The SMILES string of the molecule is COC(=O)Nc1ccc(O[C@H](C)c2cccc(C#N)c2)cc1. The lowest BCUT2D eigenvalue weighted by Crippen LogP contribution is -2.10. The van der Waals surface area contributed by atoms with Crippen LogP contribution in [-0.2, 0) is 4.74 Å². The van der Waals surface area contributed by atoms with Gasteiger partial charge in [-0.25, -0.2) is 4.79 Å². The van der Waals surface area contributed by atoms with Crippen LogP contribution < -0.4 is 10.1 Å². The molecule has 2 aromatic carbocycles. The number of hydrogen-bond acceptors (Lipinski definition) is 4. The Labute approximate surface area is 129 Å². The lowest BCUT2D eigenvalue weighted by atomic mass is 10.1. The molecule has 112 valence electrons. The Morgan fingerprint density at radius 3 is 2.59 bits per heavy atom. The van der Waals surface area contributed by atoms with Crippen molar-refractivity contribution in [3.63, 3.8) is 0 Å². The zero-order chi connectivity index (χ0) is 15.9. The highest BCUT2D eigenvalue weighted by Crippen LogP contribution is 2.23. The van der Waals surface area contributed by atoms with Crippen LogP contribution in [0.4, 0.5) is 10.5 Å². The zero-order valence-electron chi connectivity index (χ0n) is 12.4. The molecule has 0 fully saturated rings. The summed E-state index contributed by atoms with van der Waals surface area (Å²) in [4.78, 5) is 11.1. The van der Waals surface area contributed by atoms with E-state index >= 15 is 0 Å². The molecular weight excluding hydrogens is 280 g/mol. The number of benzene rings is 2. The number of hydrogen-bond donors (Lipinski definition) is 1. The van der Waals surface area contributed by atoms with E-state index in [2.05, 4.69) is 16.1 Å². The van der Waals surface area contributed by atoms with Crippen LogP contribution in [0.3, 0.4) is 0 Å². The van der Waals surface area contributed by atoms with Gasteiger partial charge >= 0.3 is 6.09 Å². The van der Waals surface area contributed by atoms with Gasteiger partial charge in [-0.2, -0.15) is 5.26 Å². The molecule has 0 heterocycles. The standard InChI is InChI=1S/C17H16N2O3/c1-12(14-5-3-4-13(10-14)11-18)22-16-8-6-15(7-9-16)19-17(20)21-2/h3-10,12H,1-2H3,(H,19,20)/t12-/m1/s1. The van der Waals surface area contributed by atoms with Gasteiger partial charge in [-0.05, 0) is 48.9 Å². The number of nitrogens with one attached hydrogen (secondary N) is 1. The summed E-state index contributed by atoms with van der Waals surface area (Å²) in [5.41, 5.74) is 2.15. The molecule has 1 amide bonds. The first kappa shape index (κ1) is 15.4. The lowest BCUT2D eigenvalue weighted by Gasteiger charge is -2.15. The third-order valence-corrected chi connectivity index (χ3v) is 3.08. The average molecular weight is 296 g/mol. The fraction of sp³-hybridized carbons (Fsp3) is 0.176. The maximum absolute atomic E-state index is 11.1. The van der Waals surface area contributed by atoms with Crippen molar-refractivity contribution in [1.29, 1.82) is 5.26 Å². The van der Waals surface area contributed by atoms with Gasteiger partial charge in [0.25, 0.3) is 0 Å². The smallest absolute Gasteiger partial charge is 0.411 e. The quantitative estimate of drug-likeness (QED) is 0.929. The first-order valence-electron chi connectivity index (χ1n) is 6.74. The van der Waals surface area contributed by atoms with E-state index in [0.717, 1.165) is 5.56 Å². The molecule has 0 radical (unpaired) electrons. The number of methoxy groups -OCH3 is 1. The molecule has 0 bridgehead atoms. The molecule has 5 heteroatoms. The molecule has 0 saturated carbocycles. The lowest BCUT2D eigenvalue weighted by molar-refractivity contribution is 0.187. The molecule has 2 aromatic rings. The summed E-state index contributed by atoms with van der Waals surface area (Å²) in [7, 11) is 1.31. The second kappa shape index (κ2) is 7.14. The van der Waals surface area contributed by atoms with E-state index in [9.17, 15) is 4.79 Å². The third-order valence-electron chi connectivity index (χ3n) is 3.08. The Morgan fingerprint density at radius 2 is 1.95 bits per heavy atom. The number of carbonyl (C=O) groups is 1. The van der Waals surface area contributed by atoms with Crippen LogP contribution >= 0.6 is 0 Å². The number of anilines is 1. The van der Waals surface area contributed by atoms with Crippen molar-refractivity contribution in [2.45, 2.75) is 13.0 Å². The fourth-order valence-corrected chi connectivity index (χ4v) is 1.92. The second-order valence-electron chi connectivity index (χ2n) is 4.64. The second-order valence-corrected chi connectivity index (χ2v) is 4.64. The topological polar surface area (TPSA) is 71.3 Å². The van der Waals surface area contributed by atoms with Crippen LogP contribution in [0.15, 0.2) is 48.5 Å². The summed E-state index contributed by atoms with van der Waals surface area (Å²) >= 11 is 0. The number of amides is 1. The van der Waals surface area contributed by atoms with Crippen molar-refractivity contribution in [2.24, 2.45) is 0 Å². The van der Waals surface area contributed by atoms with Gasteiger partial charge in [0.05, 0.1) is 18.7 Å². The Hall–Kier alpha value is -3.00. The van der Waals surface area contributed by atoms with Gasteiger partial charge in [-0.15, -0.1) is 0 Å². The summed E-state index contributed by atoms with van der Waals surface area (Å²) in [5.74, 6) is 0.672. The molecule has 2 rings (SSSR count). The molecule has 1 N–H and O–H groups in total. The average Bonchev–Trinajstić information content (AvgIpc) is 2.56. The number of nitriles is 1. The van der Waals surface area contributed by atoms with Crippen LogP contribution in [0.1, 0.15) is 24.2 Å². The number of rotatable bonds is 4. The van der Waals surface area contributed by atoms with E-state index in [1.165, 1.54) is 7.11 Å². The maximum Gasteiger partial charge on any atom is 0.411 e. The molecule has 0 aliphatic rings. The van der Waals surface area contributed by atoms with Crippen LogP contribution in [0.2, 0.25) is 0 Å². The summed E-state index contributed by atoms with van der Waals surface area (Å²) < 4.78 is 10.4. The molecule has 0 aliphatic heterocycles. The number of ether oxygens (including phenoxy) is 2. The van der Waals surface area contributed by atoms with Gasteiger partial charge in [0, 0.05) is 5.69 Å². The van der Waals surface area contributed by atoms with E-state index in [0.29, 0.717) is 17.0 Å². The summed E-state index contributed by atoms with van der Waals surface area (Å²) in [6.07, 6.45) is -0.705. The van der Waals surface area contributed by atoms with Crippen molar-refractivity contribution >= 4 is 11.8 Å². The minimum Gasteiger partial charge on any atom is -0.486 e. The first-order chi connectivity index (χ1) is 10.6. The van der Waals surface area contributed by atoms with Crippen LogP contribution in [0, 0.1) is 11.3 Å². The molecule has 0 saturated heterocycles. The summed E-state index contributed by atoms with van der Waals surface area (Å²) in [5, 5.41) is 11.5. The summed E-state index contributed by atoms with van der Waals surface area (Å²) in [6.45, 7) is 1.91. The van der Waals surface area contributed by atoms with E-state index < -0.39 is 6.09 Å². The van der Waals surface area contributed by atoms with E-state index in [1.54, 1.807) is 36.4 Å². The van der Waals surface area contributed by atoms with Crippen molar-refractivity contribution in [3.05, 3.63) is 59.7 Å². The predicted octanol–water partition coefficient (Wildman–Crippen LogP) is 3.88. The highest BCUT2D eigenvalue weighted by Gasteiger charge is 2.08. The van der Waals surface area contributed by atoms with Crippen molar-refractivity contribution in [2.75, 3.05) is 12.4 Å². The van der Waals surface area contributed by atoms with Gasteiger partial charge in [0.15, 0.2) is 0 Å². The maximum atomic E-state index is 11.1. The normalized spacial score (nSPS) is 11.1. The van der Waals surface area contributed by atoms with Gasteiger partial charge < -0.3 is 9.47 Å². The van der Waals surface area contributed by atoms with Crippen molar-refractivity contribution in [3.8, 4) is 11.8 Å². The Morgan fingerprint density at radius 1 is 1.23 bits per heavy atom. The Bertz CT molecular complexity index is 690. The predicted molar refractivity (Wildman–Crippen MR) is 82.7 cm³/mol. The minimum atomic E-state index is -0.518. The minimum absolute atomic E-state index is 0.187. The number of nitrogens with zero attached hydrogens (tertiary/aromatic N) is 1. The van der Waals surface area contributed by atoms with Gasteiger partial charge in [0.2, 0.25) is 0 Å². The highest BCUT2D eigenvalue weighted by atomic mass is 16.5. The molecule has 0 spiro atoms. The Balaban J connectivity index is 2.03. The molecule has 0 aliphatic carbocycles. The van der Waals surface area contributed by atoms with Crippen LogP contribution in [0.25, 0.3) is 0 Å². The van der Waals surface area contributed by atoms with Crippen molar-refractivity contribution in [1.82, 2.24) is 0 Å². The fourth-order valence-electron chi connectivity index (χ4n) is 1.92. The van der Waals surface area contributed by atoms with E-state index in [1.807, 2.05) is 19.1 Å². The zero-order valence-corrected chi connectivity index (χ0v) is 12.4. The first-order valence-corrected chi connectivity index (χ1v) is 6.74. The van der Waals surface area contributed by atoms with Crippen LogP contribution in [0.5, 0.6) is 5.75 Å². The Kier molecular flexibility index (Phi) is 4.99. The molecule has 1 atom stereocenters. The highest BCUT2D eigenvalue weighted by molar-refractivity contribution is 5.84. The summed E-state index contributed by atoms with van der Waals surface area (Å²) in [6, 6.07) is 16.4. The number of carbonyl (C=O) groups excluding carboxylic acids is 1. The van der Waals surface area contributed by atoms with Crippen molar-refractivity contribution < 1.29 is 14.3 Å². The molecule has 5 nitrogen and oxygen atoms in total. The van der Waals surface area contributed by atoms with Gasteiger partial charge in [0.1, 0.15) is 11.9 Å². The van der Waals surface area contributed by atoms with E-state index in [4.69, 9.17) is 10.00 Å². The van der Waals surface area contributed by atoms with Gasteiger partial charge in [-0.3, -0.25) is 5.32 Å². The third kappa shape index (κ3) is 4.00.